The maximum absolute atomic E-state index is 14.0. The van der Waals surface area contributed by atoms with Gasteiger partial charge in [0.25, 0.3) is 10.0 Å². The molecular formula is C29H36N6O5S2. The number of anilines is 2. The quantitative estimate of drug-likeness (QED) is 0.435. The fourth-order valence-electron chi connectivity index (χ4n) is 5.34. The standard InChI is InChI=1S/C29H36N6O5S2/c1-4-40-25-12-10-23(11-13-25)31-29(37)34-18-19-35(42(38,39)28-21(2)30-22(3)41-28)26(20-34)27(36)33-16-14-32(15-17-33)24-8-6-5-7-9-24/h5-13,26H,4,14-20H2,1-3H3,(H,31,37). The van der Waals surface area contributed by atoms with E-state index < -0.39 is 22.1 Å². The molecule has 2 fully saturated rings. The average Bonchev–Trinajstić information content (AvgIpc) is 3.36. The molecule has 2 aliphatic heterocycles. The third-order valence-electron chi connectivity index (χ3n) is 7.44. The van der Waals surface area contributed by atoms with Gasteiger partial charge in [-0.15, -0.1) is 11.3 Å². The summed E-state index contributed by atoms with van der Waals surface area (Å²) < 4.78 is 34.7. The van der Waals surface area contributed by atoms with Crippen LogP contribution in [-0.2, 0) is 14.8 Å². The first kappa shape index (κ1) is 29.8. The van der Waals surface area contributed by atoms with Crippen LogP contribution in [-0.4, -0.2) is 97.9 Å². The van der Waals surface area contributed by atoms with Gasteiger partial charge in [-0.1, -0.05) is 18.2 Å². The molecule has 42 heavy (non-hydrogen) atoms. The van der Waals surface area contributed by atoms with Crippen LogP contribution in [0.3, 0.4) is 0 Å². The number of urea groups is 1. The number of hydrogen-bond donors (Lipinski definition) is 1. The number of aromatic nitrogens is 1. The molecule has 224 valence electrons. The van der Waals surface area contributed by atoms with E-state index in [0.29, 0.717) is 54.9 Å². The Morgan fingerprint density at radius 2 is 1.62 bits per heavy atom. The summed E-state index contributed by atoms with van der Waals surface area (Å²) in [6.45, 7) is 8.10. The summed E-state index contributed by atoms with van der Waals surface area (Å²) in [5, 5.41) is 3.50. The Morgan fingerprint density at radius 3 is 2.24 bits per heavy atom. The number of rotatable bonds is 7. The molecule has 0 bridgehead atoms. The van der Waals surface area contributed by atoms with Gasteiger partial charge in [-0.25, -0.2) is 18.2 Å². The molecule has 0 saturated carbocycles. The zero-order valence-electron chi connectivity index (χ0n) is 24.0. The summed E-state index contributed by atoms with van der Waals surface area (Å²) in [4.78, 5) is 37.0. The maximum Gasteiger partial charge on any atom is 0.321 e. The molecule has 5 rings (SSSR count). The molecule has 2 saturated heterocycles. The lowest BCUT2D eigenvalue weighted by atomic mass is 10.1. The molecule has 1 N–H and O–H groups in total. The summed E-state index contributed by atoms with van der Waals surface area (Å²) in [7, 11) is -4.02. The molecule has 11 nitrogen and oxygen atoms in total. The highest BCUT2D eigenvalue weighted by atomic mass is 32.2. The third-order valence-corrected chi connectivity index (χ3v) is 11.0. The van der Waals surface area contributed by atoms with E-state index in [1.54, 1.807) is 43.0 Å². The van der Waals surface area contributed by atoms with E-state index in [2.05, 4.69) is 15.2 Å². The highest BCUT2D eigenvalue weighted by Crippen LogP contribution is 2.30. The summed E-state index contributed by atoms with van der Waals surface area (Å²) in [5.41, 5.74) is 2.07. The maximum atomic E-state index is 14.0. The largest absolute Gasteiger partial charge is 0.494 e. The van der Waals surface area contributed by atoms with Crippen molar-refractivity contribution in [1.29, 1.82) is 0 Å². The number of aryl methyl sites for hydroxylation is 2. The minimum atomic E-state index is -4.02. The van der Waals surface area contributed by atoms with Crippen molar-refractivity contribution in [1.82, 2.24) is 19.1 Å². The van der Waals surface area contributed by atoms with Gasteiger partial charge in [-0.2, -0.15) is 4.31 Å². The Morgan fingerprint density at radius 1 is 0.952 bits per heavy atom. The zero-order chi connectivity index (χ0) is 29.9. The number of carbonyl (C=O) groups excluding carboxylic acids is 2. The molecule has 13 heteroatoms. The van der Waals surface area contributed by atoms with Crippen LogP contribution < -0.4 is 15.0 Å². The van der Waals surface area contributed by atoms with Crippen LogP contribution in [0.5, 0.6) is 5.75 Å². The number of hydrogen-bond acceptors (Lipinski definition) is 8. The average molecular weight is 613 g/mol. The lowest BCUT2D eigenvalue weighted by molar-refractivity contribution is -0.137. The Hall–Kier alpha value is -3.68. The van der Waals surface area contributed by atoms with Crippen LogP contribution in [0.1, 0.15) is 17.6 Å². The molecular weight excluding hydrogens is 576 g/mol. The summed E-state index contributed by atoms with van der Waals surface area (Å²) >= 11 is 1.10. The van der Waals surface area contributed by atoms with Gasteiger partial charge in [0.15, 0.2) is 4.21 Å². The Labute approximate surface area is 250 Å². The van der Waals surface area contributed by atoms with Crippen LogP contribution >= 0.6 is 11.3 Å². The van der Waals surface area contributed by atoms with Crippen LogP contribution in [0.4, 0.5) is 16.2 Å². The van der Waals surface area contributed by atoms with Gasteiger partial charge in [0.05, 0.1) is 17.3 Å². The first-order valence-electron chi connectivity index (χ1n) is 14.0. The van der Waals surface area contributed by atoms with E-state index in [1.165, 1.54) is 9.21 Å². The van der Waals surface area contributed by atoms with E-state index in [0.717, 1.165) is 17.0 Å². The second-order valence-electron chi connectivity index (χ2n) is 10.2. The Bertz CT molecular complexity index is 1500. The zero-order valence-corrected chi connectivity index (χ0v) is 25.7. The predicted octanol–water partition coefficient (Wildman–Crippen LogP) is 3.41. The van der Waals surface area contributed by atoms with E-state index in [-0.39, 0.29) is 29.8 Å². The minimum Gasteiger partial charge on any atom is -0.494 e. The lowest BCUT2D eigenvalue weighted by Gasteiger charge is -2.43. The number of benzene rings is 2. The van der Waals surface area contributed by atoms with Gasteiger partial charge >= 0.3 is 6.03 Å². The summed E-state index contributed by atoms with van der Waals surface area (Å²) in [5.74, 6) is 0.393. The van der Waals surface area contributed by atoms with Crippen molar-refractivity contribution in [3.63, 3.8) is 0 Å². The second kappa shape index (κ2) is 12.7. The first-order valence-corrected chi connectivity index (χ1v) is 16.3. The number of nitrogens with one attached hydrogen (secondary N) is 1. The fourth-order valence-corrected chi connectivity index (χ4v) is 8.50. The fraction of sp³-hybridized carbons (Fsp3) is 0.414. The molecule has 3 amide bonds. The molecule has 0 aliphatic carbocycles. The number of piperazine rings is 2. The molecule has 2 aliphatic rings. The molecule has 3 aromatic rings. The lowest BCUT2D eigenvalue weighted by Crippen LogP contribution is -2.63. The number of sulfonamides is 1. The number of amides is 3. The number of nitrogens with zero attached hydrogens (tertiary/aromatic N) is 5. The van der Waals surface area contributed by atoms with Crippen LogP contribution in [0, 0.1) is 13.8 Å². The van der Waals surface area contributed by atoms with E-state index in [1.807, 2.05) is 37.3 Å². The van der Waals surface area contributed by atoms with E-state index in [9.17, 15) is 18.0 Å². The van der Waals surface area contributed by atoms with Gasteiger partial charge in [0.1, 0.15) is 11.8 Å². The number of thiazole rings is 1. The van der Waals surface area contributed by atoms with Crippen molar-refractivity contribution >= 4 is 44.7 Å². The molecule has 0 spiro atoms. The van der Waals surface area contributed by atoms with Gasteiger partial charge in [0.2, 0.25) is 5.91 Å². The highest BCUT2D eigenvalue weighted by molar-refractivity contribution is 7.91. The monoisotopic (exact) mass is 612 g/mol. The minimum absolute atomic E-state index is 0.00416. The van der Waals surface area contributed by atoms with Gasteiger partial charge in [-0.3, -0.25) is 4.79 Å². The normalized spacial score (nSPS) is 18.2. The Kier molecular flexibility index (Phi) is 8.99. The molecule has 0 radical (unpaired) electrons. The number of carbonyl (C=O) groups is 2. The van der Waals surface area contributed by atoms with Gasteiger partial charge in [-0.05, 0) is 57.2 Å². The number of ether oxygens (including phenoxy) is 1. The van der Waals surface area contributed by atoms with Crippen molar-refractivity contribution in [3.05, 3.63) is 65.3 Å². The van der Waals surface area contributed by atoms with Crippen molar-refractivity contribution in [2.24, 2.45) is 0 Å². The van der Waals surface area contributed by atoms with Gasteiger partial charge in [0, 0.05) is 57.2 Å². The topological polar surface area (TPSA) is 115 Å². The molecule has 1 aromatic heterocycles. The van der Waals surface area contributed by atoms with Crippen LogP contribution in [0.15, 0.2) is 58.8 Å². The van der Waals surface area contributed by atoms with Crippen molar-refractivity contribution in [2.45, 2.75) is 31.0 Å². The SMILES string of the molecule is CCOc1ccc(NC(=O)N2CCN(S(=O)(=O)c3sc(C)nc3C)C(C(=O)N3CCN(c4ccccc4)CC3)C2)cc1. The second-order valence-corrected chi connectivity index (χ2v) is 13.5. The molecule has 1 atom stereocenters. The number of para-hydroxylation sites is 1. The third kappa shape index (κ3) is 6.37. The first-order chi connectivity index (χ1) is 20.2. The smallest absolute Gasteiger partial charge is 0.321 e. The van der Waals surface area contributed by atoms with Crippen LogP contribution in [0.2, 0.25) is 0 Å². The molecule has 3 heterocycles. The van der Waals surface area contributed by atoms with E-state index >= 15 is 0 Å². The van der Waals surface area contributed by atoms with Crippen LogP contribution in [0.25, 0.3) is 0 Å². The molecule has 2 aromatic carbocycles. The summed E-state index contributed by atoms with van der Waals surface area (Å²) in [6.07, 6.45) is 0. The Balaban J connectivity index is 1.35. The van der Waals surface area contributed by atoms with Crippen molar-refractivity contribution in [2.75, 3.05) is 62.6 Å². The van der Waals surface area contributed by atoms with Crippen molar-refractivity contribution < 1.29 is 22.7 Å². The van der Waals surface area contributed by atoms with E-state index in [4.69, 9.17) is 4.74 Å². The highest BCUT2D eigenvalue weighted by Gasteiger charge is 2.44. The molecule has 1 unspecified atom stereocenters. The van der Waals surface area contributed by atoms with Crippen molar-refractivity contribution in [3.8, 4) is 5.75 Å². The summed E-state index contributed by atoms with van der Waals surface area (Å²) in [6, 6.07) is 15.6. The van der Waals surface area contributed by atoms with Gasteiger partial charge < -0.3 is 24.8 Å². The predicted molar refractivity (Wildman–Crippen MR) is 163 cm³/mol.